The Labute approximate surface area is 149 Å². The zero-order chi connectivity index (χ0) is 15.5. The topological polar surface area (TPSA) is 81.1 Å². The Bertz CT molecular complexity index is 715. The maximum absolute atomic E-state index is 13.5. The molecule has 0 unspecified atom stereocenters. The molecule has 9 heteroatoms. The lowest BCUT2D eigenvalue weighted by molar-refractivity contribution is 0.508. The number of aromatic nitrogens is 3. The Kier molecular flexibility index (Phi) is 5.85. The molecule has 0 amide bonds. The largest absolute Gasteiger partial charge is 0.370 e. The zero-order valence-electron chi connectivity index (χ0n) is 12.3. The van der Waals surface area contributed by atoms with Crippen LogP contribution >= 0.6 is 24.0 Å². The van der Waals surface area contributed by atoms with Gasteiger partial charge in [-0.15, -0.1) is 34.2 Å². The highest BCUT2D eigenvalue weighted by Gasteiger charge is 2.15. The number of fused-ring (bicyclic) bond motifs is 1. The number of nitrogens with zero attached hydrogens (tertiary/aromatic N) is 4. The predicted octanol–water partition coefficient (Wildman–Crippen LogP) is 2.44. The highest BCUT2D eigenvalue weighted by Crippen LogP contribution is 2.16. The average Bonchev–Trinajstić information content (AvgIpc) is 2.92. The molecule has 2 heterocycles. The van der Waals surface area contributed by atoms with E-state index in [9.17, 15) is 8.78 Å². The first-order valence-electron chi connectivity index (χ1n) is 7.06. The van der Waals surface area contributed by atoms with Gasteiger partial charge in [-0.3, -0.25) is 0 Å². The second-order valence-corrected chi connectivity index (χ2v) is 5.09. The van der Waals surface area contributed by atoms with E-state index in [2.05, 4.69) is 20.5 Å². The summed E-state index contributed by atoms with van der Waals surface area (Å²) in [7, 11) is 0. The van der Waals surface area contributed by atoms with Crippen molar-refractivity contribution in [3.8, 4) is 0 Å². The normalized spacial score (nSPS) is 14.1. The van der Waals surface area contributed by atoms with E-state index in [0.29, 0.717) is 0 Å². The summed E-state index contributed by atoms with van der Waals surface area (Å²) < 4.78 is 28.6. The molecule has 1 aromatic heterocycles. The van der Waals surface area contributed by atoms with Crippen LogP contribution in [0, 0.1) is 11.6 Å². The maximum Gasteiger partial charge on any atom is 0.193 e. The Morgan fingerprint density at radius 2 is 2.13 bits per heavy atom. The van der Waals surface area contributed by atoms with E-state index in [0.717, 1.165) is 55.7 Å². The molecule has 2 aromatic rings. The van der Waals surface area contributed by atoms with Crippen LogP contribution in [-0.2, 0) is 19.5 Å². The van der Waals surface area contributed by atoms with E-state index in [1.54, 1.807) is 0 Å². The van der Waals surface area contributed by atoms with Gasteiger partial charge in [-0.05, 0) is 25.0 Å². The van der Waals surface area contributed by atoms with Crippen molar-refractivity contribution in [3.63, 3.8) is 0 Å². The molecule has 0 radical (unpaired) electrons. The first-order valence-corrected chi connectivity index (χ1v) is 7.06. The quantitative estimate of drug-likeness (QED) is 0.442. The van der Waals surface area contributed by atoms with Crippen LogP contribution in [-0.4, -0.2) is 20.7 Å². The lowest BCUT2D eigenvalue weighted by Crippen LogP contribution is -2.23. The van der Waals surface area contributed by atoms with Gasteiger partial charge in [0, 0.05) is 19.0 Å². The first kappa shape index (κ1) is 17.6. The summed E-state index contributed by atoms with van der Waals surface area (Å²) >= 11 is 0. The van der Waals surface area contributed by atoms with E-state index >= 15 is 0 Å². The number of rotatable bonds is 3. The summed E-state index contributed by atoms with van der Waals surface area (Å²) in [5, 5.41) is 10.8. The molecule has 3 N–H and O–H groups in total. The van der Waals surface area contributed by atoms with E-state index in [-0.39, 0.29) is 42.2 Å². The molecule has 23 heavy (non-hydrogen) atoms. The standard InChI is InChI=1S/C14H16F2N6.HI/c15-9-4-5-10(16)11(7-9)19-14(17)18-8-13-21-20-12-3-1-2-6-22(12)13;/h4-5,7H,1-3,6,8H2,(H3,17,18,19);1H. The summed E-state index contributed by atoms with van der Waals surface area (Å²) in [5.41, 5.74) is 5.66. The van der Waals surface area contributed by atoms with Crippen LogP contribution in [0.3, 0.4) is 0 Å². The number of anilines is 1. The van der Waals surface area contributed by atoms with Gasteiger partial charge in [0.1, 0.15) is 24.0 Å². The summed E-state index contributed by atoms with van der Waals surface area (Å²) in [4.78, 5) is 4.11. The summed E-state index contributed by atoms with van der Waals surface area (Å²) in [6, 6.07) is 3.09. The van der Waals surface area contributed by atoms with Crippen LogP contribution in [0.5, 0.6) is 0 Å². The van der Waals surface area contributed by atoms with Gasteiger partial charge in [-0.2, -0.15) is 0 Å². The number of hydrogen-bond acceptors (Lipinski definition) is 3. The number of nitrogens with two attached hydrogens (primary N) is 1. The van der Waals surface area contributed by atoms with Crippen LogP contribution < -0.4 is 11.1 Å². The lowest BCUT2D eigenvalue weighted by Gasteiger charge is -2.14. The minimum absolute atomic E-state index is 0. The van der Waals surface area contributed by atoms with Gasteiger partial charge in [0.25, 0.3) is 0 Å². The molecule has 0 spiro atoms. The molecule has 1 aliphatic rings. The second-order valence-electron chi connectivity index (χ2n) is 5.09. The molecule has 1 aliphatic heterocycles. The van der Waals surface area contributed by atoms with E-state index in [4.69, 9.17) is 5.73 Å². The molecule has 1 aromatic carbocycles. The highest BCUT2D eigenvalue weighted by atomic mass is 127. The molecule has 0 atom stereocenters. The van der Waals surface area contributed by atoms with E-state index < -0.39 is 11.6 Å². The SMILES string of the molecule is I.NC(=NCc1nnc2n1CCCC2)Nc1cc(F)ccc1F. The Morgan fingerprint density at radius 3 is 2.96 bits per heavy atom. The first-order chi connectivity index (χ1) is 10.6. The molecular weight excluding hydrogens is 417 g/mol. The number of benzene rings is 1. The van der Waals surface area contributed by atoms with Crippen LogP contribution in [0.2, 0.25) is 0 Å². The number of guanidine groups is 1. The molecule has 6 nitrogen and oxygen atoms in total. The monoisotopic (exact) mass is 434 g/mol. The number of nitrogens with one attached hydrogen (secondary N) is 1. The predicted molar refractivity (Wildman–Crippen MR) is 93.7 cm³/mol. The van der Waals surface area contributed by atoms with E-state index in [1.807, 2.05) is 4.57 Å². The van der Waals surface area contributed by atoms with Crippen LogP contribution in [0.1, 0.15) is 24.5 Å². The Hall–Kier alpha value is -1.78. The fourth-order valence-electron chi connectivity index (χ4n) is 2.41. The maximum atomic E-state index is 13.5. The van der Waals surface area contributed by atoms with E-state index in [1.165, 1.54) is 0 Å². The van der Waals surface area contributed by atoms with Crippen molar-refractivity contribution < 1.29 is 8.78 Å². The third-order valence-corrected chi connectivity index (χ3v) is 3.52. The third-order valence-electron chi connectivity index (χ3n) is 3.52. The number of aryl methyl sites for hydroxylation is 1. The van der Waals surface area contributed by atoms with Gasteiger partial charge < -0.3 is 15.6 Å². The van der Waals surface area contributed by atoms with Crippen LogP contribution in [0.15, 0.2) is 23.2 Å². The number of halogens is 3. The summed E-state index contributed by atoms with van der Waals surface area (Å²) in [5.74, 6) is 0.526. The van der Waals surface area contributed by atoms with Gasteiger partial charge in [-0.25, -0.2) is 13.8 Å². The smallest absolute Gasteiger partial charge is 0.193 e. The Morgan fingerprint density at radius 1 is 1.30 bits per heavy atom. The molecule has 3 rings (SSSR count). The molecule has 0 fully saturated rings. The van der Waals surface area contributed by atoms with Gasteiger partial charge in [-0.1, -0.05) is 0 Å². The summed E-state index contributed by atoms with van der Waals surface area (Å²) in [6.07, 6.45) is 3.12. The van der Waals surface area contributed by atoms with Gasteiger partial charge in [0.2, 0.25) is 0 Å². The van der Waals surface area contributed by atoms with Crippen LogP contribution in [0.4, 0.5) is 14.5 Å². The fraction of sp³-hybridized carbons (Fsp3) is 0.357. The fourth-order valence-corrected chi connectivity index (χ4v) is 2.41. The van der Waals surface area contributed by atoms with Crippen LogP contribution in [0.25, 0.3) is 0 Å². The minimum atomic E-state index is -0.598. The third kappa shape index (κ3) is 4.15. The van der Waals surface area contributed by atoms with Crippen molar-refractivity contribution in [2.75, 3.05) is 5.32 Å². The molecule has 0 bridgehead atoms. The number of aliphatic imine (C=N–C) groups is 1. The molecule has 0 aliphatic carbocycles. The second kappa shape index (κ2) is 7.66. The molecule has 124 valence electrons. The zero-order valence-corrected chi connectivity index (χ0v) is 14.6. The average molecular weight is 434 g/mol. The van der Waals surface area contributed by atoms with Crippen molar-refractivity contribution in [1.29, 1.82) is 0 Å². The highest BCUT2D eigenvalue weighted by molar-refractivity contribution is 14.0. The Balaban J connectivity index is 0.00000192. The van der Waals surface area contributed by atoms with Crippen molar-refractivity contribution in [2.24, 2.45) is 10.7 Å². The van der Waals surface area contributed by atoms with Crippen molar-refractivity contribution >= 4 is 35.6 Å². The molecular formula is C14H17F2IN6. The number of hydrogen-bond donors (Lipinski definition) is 2. The minimum Gasteiger partial charge on any atom is -0.370 e. The molecule has 0 saturated carbocycles. The van der Waals surface area contributed by atoms with Gasteiger partial charge >= 0.3 is 0 Å². The lowest BCUT2D eigenvalue weighted by atomic mass is 10.2. The summed E-state index contributed by atoms with van der Waals surface area (Å²) in [6.45, 7) is 1.11. The molecule has 0 saturated heterocycles. The van der Waals surface area contributed by atoms with Crippen molar-refractivity contribution in [2.45, 2.75) is 32.4 Å². The van der Waals surface area contributed by atoms with Crippen molar-refractivity contribution in [1.82, 2.24) is 14.8 Å². The van der Waals surface area contributed by atoms with Gasteiger partial charge in [0.05, 0.1) is 5.69 Å². The van der Waals surface area contributed by atoms with Crippen molar-refractivity contribution in [3.05, 3.63) is 41.5 Å². The van der Waals surface area contributed by atoms with Gasteiger partial charge in [0.15, 0.2) is 11.8 Å².